The number of hydrogen-bond donors (Lipinski definition) is 0. The van der Waals surface area contributed by atoms with Gasteiger partial charge in [-0.05, 0) is 74.0 Å². The highest BCUT2D eigenvalue weighted by atomic mass is 16.7. The zero-order chi connectivity index (χ0) is 27.2. The Morgan fingerprint density at radius 2 is 1.68 bits per heavy atom. The van der Waals surface area contributed by atoms with Crippen LogP contribution in [0.2, 0.25) is 0 Å². The molecule has 0 unspecified atom stereocenters. The van der Waals surface area contributed by atoms with Crippen molar-refractivity contribution in [1.82, 2.24) is 0 Å². The number of ketones is 1. The van der Waals surface area contributed by atoms with Crippen molar-refractivity contribution >= 4 is 17.7 Å². The molecule has 212 valence electrons. The lowest BCUT2D eigenvalue weighted by atomic mass is 9.43. The van der Waals surface area contributed by atoms with E-state index in [0.717, 1.165) is 51.4 Å². The Hall–Kier alpha value is -1.47. The molecule has 6 rings (SSSR count). The first-order chi connectivity index (χ1) is 17.9. The second-order valence-corrected chi connectivity index (χ2v) is 14.3. The van der Waals surface area contributed by atoms with Crippen molar-refractivity contribution in [3.63, 3.8) is 0 Å². The molecule has 4 saturated carbocycles. The number of ether oxygens (including phenoxy) is 4. The summed E-state index contributed by atoms with van der Waals surface area (Å²) in [5.41, 5.74) is -0.646. The number of carbonyl (C=O) groups is 3. The Bertz CT molecular complexity index is 1000. The van der Waals surface area contributed by atoms with Crippen LogP contribution in [-0.4, -0.2) is 48.4 Å². The van der Waals surface area contributed by atoms with Crippen LogP contribution < -0.4 is 0 Å². The number of fused-ring (bicyclic) bond motifs is 7. The summed E-state index contributed by atoms with van der Waals surface area (Å²) >= 11 is 0. The molecule has 38 heavy (non-hydrogen) atoms. The molecule has 0 N–H and O–H groups in total. The van der Waals surface area contributed by atoms with Gasteiger partial charge in [-0.3, -0.25) is 14.4 Å². The standard InChI is InChI=1S/C31H46O7/c1-16-9-12-31(35-15-16)17(2)25-24(38-31)14-23-22-8-7-20-13-21(36-18(3)32)10-11-29(20,5)26(22)27(34)28(30(23,25)6)37-19(4)33/h16-17,20-26,28H,7-15H2,1-6H3/t16-,17+,20+,21+,22+,23+,24+,25+,26-,28-,29+,30+,31-/m1/s1. The average molecular weight is 531 g/mol. The van der Waals surface area contributed by atoms with Crippen LogP contribution in [-0.2, 0) is 33.3 Å². The number of rotatable bonds is 2. The summed E-state index contributed by atoms with van der Waals surface area (Å²) in [4.78, 5) is 38.8. The maximum Gasteiger partial charge on any atom is 0.303 e. The Balaban J connectivity index is 1.34. The molecule has 2 saturated heterocycles. The van der Waals surface area contributed by atoms with Gasteiger partial charge >= 0.3 is 11.9 Å². The highest BCUT2D eigenvalue weighted by Crippen LogP contribution is 2.71. The maximum absolute atomic E-state index is 14.6. The van der Waals surface area contributed by atoms with E-state index in [1.807, 2.05) is 0 Å². The molecule has 0 bridgehead atoms. The molecule has 1 spiro atoms. The zero-order valence-electron chi connectivity index (χ0n) is 24.0. The van der Waals surface area contributed by atoms with E-state index in [1.54, 1.807) is 0 Å². The molecule has 0 aromatic carbocycles. The largest absolute Gasteiger partial charge is 0.463 e. The van der Waals surface area contributed by atoms with Crippen LogP contribution in [0.3, 0.4) is 0 Å². The Morgan fingerprint density at radius 1 is 0.947 bits per heavy atom. The van der Waals surface area contributed by atoms with Crippen LogP contribution in [0, 0.1) is 52.3 Å². The van der Waals surface area contributed by atoms with Gasteiger partial charge in [0, 0.05) is 43.4 Å². The van der Waals surface area contributed by atoms with Gasteiger partial charge in [0.1, 0.15) is 6.10 Å². The van der Waals surface area contributed by atoms with Crippen molar-refractivity contribution in [3.8, 4) is 0 Å². The second-order valence-electron chi connectivity index (χ2n) is 14.3. The molecule has 7 nitrogen and oxygen atoms in total. The Morgan fingerprint density at radius 3 is 2.34 bits per heavy atom. The molecule has 0 amide bonds. The molecular weight excluding hydrogens is 484 g/mol. The lowest BCUT2D eigenvalue weighted by molar-refractivity contribution is -0.273. The summed E-state index contributed by atoms with van der Waals surface area (Å²) in [5.74, 6) is 0.386. The van der Waals surface area contributed by atoms with E-state index in [1.165, 1.54) is 13.8 Å². The molecule has 6 fully saturated rings. The fraction of sp³-hybridized carbons (Fsp3) is 0.903. The predicted molar refractivity (Wildman–Crippen MR) is 139 cm³/mol. The van der Waals surface area contributed by atoms with Crippen LogP contribution in [0.25, 0.3) is 0 Å². The fourth-order valence-electron chi connectivity index (χ4n) is 10.7. The summed E-state index contributed by atoms with van der Waals surface area (Å²) in [6, 6.07) is 0. The molecule has 13 atom stereocenters. The van der Waals surface area contributed by atoms with Gasteiger partial charge < -0.3 is 18.9 Å². The van der Waals surface area contributed by atoms with E-state index in [4.69, 9.17) is 18.9 Å². The maximum atomic E-state index is 14.6. The molecule has 2 aliphatic heterocycles. The van der Waals surface area contributed by atoms with Crippen molar-refractivity contribution in [2.24, 2.45) is 52.3 Å². The predicted octanol–water partition coefficient (Wildman–Crippen LogP) is 5.09. The van der Waals surface area contributed by atoms with Crippen LogP contribution in [0.1, 0.15) is 92.9 Å². The Kier molecular flexibility index (Phi) is 6.35. The van der Waals surface area contributed by atoms with Crippen molar-refractivity contribution < 1.29 is 33.3 Å². The Labute approximate surface area is 227 Å². The third kappa shape index (κ3) is 3.69. The monoisotopic (exact) mass is 530 g/mol. The van der Waals surface area contributed by atoms with E-state index >= 15 is 0 Å². The minimum absolute atomic E-state index is 0.0169. The number of hydrogen-bond acceptors (Lipinski definition) is 7. The zero-order valence-corrected chi connectivity index (χ0v) is 24.0. The van der Waals surface area contributed by atoms with E-state index in [-0.39, 0.29) is 64.9 Å². The first-order valence-corrected chi connectivity index (χ1v) is 15.1. The van der Waals surface area contributed by atoms with Crippen molar-refractivity contribution in [2.45, 2.75) is 117 Å². The van der Waals surface area contributed by atoms with Crippen LogP contribution in [0.5, 0.6) is 0 Å². The van der Waals surface area contributed by atoms with Crippen molar-refractivity contribution in [1.29, 1.82) is 0 Å². The van der Waals surface area contributed by atoms with Gasteiger partial charge in [-0.1, -0.05) is 27.7 Å². The highest BCUT2D eigenvalue weighted by Gasteiger charge is 2.74. The van der Waals surface area contributed by atoms with E-state index < -0.39 is 17.3 Å². The summed E-state index contributed by atoms with van der Waals surface area (Å²) in [7, 11) is 0. The fourth-order valence-corrected chi connectivity index (χ4v) is 10.7. The van der Waals surface area contributed by atoms with E-state index in [9.17, 15) is 14.4 Å². The lowest BCUT2D eigenvalue weighted by Crippen LogP contribution is -2.65. The topological polar surface area (TPSA) is 88.1 Å². The molecule has 0 aromatic heterocycles. The van der Waals surface area contributed by atoms with E-state index in [0.29, 0.717) is 18.4 Å². The average Bonchev–Trinajstić information content (AvgIpc) is 3.29. The lowest BCUT2D eigenvalue weighted by Gasteiger charge is -2.61. The van der Waals surface area contributed by atoms with E-state index in [2.05, 4.69) is 27.7 Å². The second kappa shape index (κ2) is 9.02. The molecule has 4 aliphatic carbocycles. The first-order valence-electron chi connectivity index (χ1n) is 15.1. The molecule has 6 aliphatic rings. The summed E-state index contributed by atoms with van der Waals surface area (Å²) < 4.78 is 25.0. The summed E-state index contributed by atoms with van der Waals surface area (Å²) in [5, 5.41) is 0. The third-order valence-electron chi connectivity index (χ3n) is 12.3. The molecular formula is C31H46O7. The van der Waals surface area contributed by atoms with Gasteiger partial charge in [0.15, 0.2) is 17.7 Å². The smallest absolute Gasteiger partial charge is 0.303 e. The van der Waals surface area contributed by atoms with Crippen molar-refractivity contribution in [3.05, 3.63) is 0 Å². The van der Waals surface area contributed by atoms with Gasteiger partial charge in [-0.2, -0.15) is 0 Å². The summed E-state index contributed by atoms with van der Waals surface area (Å²) in [6.07, 6.45) is 6.54. The van der Waals surface area contributed by atoms with Crippen LogP contribution in [0.15, 0.2) is 0 Å². The number of carbonyl (C=O) groups excluding carboxylic acids is 3. The first kappa shape index (κ1) is 26.7. The van der Waals surface area contributed by atoms with Gasteiger partial charge in [-0.15, -0.1) is 0 Å². The molecule has 7 heteroatoms. The molecule has 2 heterocycles. The molecule has 0 aromatic rings. The normalized spacial score (nSPS) is 53.5. The minimum Gasteiger partial charge on any atom is -0.463 e. The summed E-state index contributed by atoms with van der Waals surface area (Å²) in [6.45, 7) is 12.6. The van der Waals surface area contributed by atoms with Gasteiger partial charge in [0.2, 0.25) is 0 Å². The van der Waals surface area contributed by atoms with Crippen LogP contribution in [0.4, 0.5) is 0 Å². The van der Waals surface area contributed by atoms with Crippen molar-refractivity contribution in [2.75, 3.05) is 6.61 Å². The number of Topliss-reactive ketones (excluding diaryl/α,β-unsaturated/α-hetero) is 1. The minimum atomic E-state index is -0.758. The van der Waals surface area contributed by atoms with Gasteiger partial charge in [0.25, 0.3) is 0 Å². The molecule has 0 radical (unpaired) electrons. The SMILES string of the molecule is CC(=O)O[C@H]1CC[C@@]2(C)[C@@H](CC[C@@H]3[C@@H]2C(=O)[C@@H](OC(C)=O)[C@]2(C)[C@@H]4[C@H](C[C@@H]32)O[C@]2(CC[C@@H](C)CO2)[C@H]4C)C1. The quantitative estimate of drug-likeness (QED) is 0.460. The van der Waals surface area contributed by atoms with Crippen LogP contribution >= 0.6 is 0 Å². The van der Waals surface area contributed by atoms with Gasteiger partial charge in [-0.25, -0.2) is 0 Å². The van der Waals surface area contributed by atoms with Gasteiger partial charge in [0.05, 0.1) is 12.7 Å². The highest BCUT2D eigenvalue weighted by molar-refractivity contribution is 5.90. The number of esters is 2. The third-order valence-corrected chi connectivity index (χ3v) is 12.3.